The Morgan fingerprint density at radius 1 is 0.909 bits per heavy atom. The number of hydrogen-bond acceptors (Lipinski definition) is 7. The van der Waals surface area contributed by atoms with E-state index < -0.39 is 0 Å². The van der Waals surface area contributed by atoms with Crippen molar-refractivity contribution in [2.75, 3.05) is 45.2 Å². The predicted octanol–water partition coefficient (Wildman–Crippen LogP) is 4.48. The highest BCUT2D eigenvalue weighted by molar-refractivity contribution is 6.32. The molecule has 1 aliphatic heterocycles. The number of anilines is 1. The third-order valence-corrected chi connectivity index (χ3v) is 6.35. The second-order valence-corrected chi connectivity index (χ2v) is 8.57. The molecule has 0 amide bonds. The van der Waals surface area contributed by atoms with Crippen LogP contribution in [0.5, 0.6) is 11.5 Å². The molecule has 0 spiro atoms. The molecule has 0 saturated carbocycles. The topological polar surface area (TPSA) is 74.6 Å². The molecule has 1 fully saturated rings. The number of halogens is 1. The summed E-state index contributed by atoms with van der Waals surface area (Å²) in [7, 11) is 3.63. The van der Waals surface area contributed by atoms with Gasteiger partial charge in [0, 0.05) is 55.7 Å². The molecular formula is C25H24ClN5O2. The van der Waals surface area contributed by atoms with E-state index in [2.05, 4.69) is 37.9 Å². The molecule has 2 aromatic carbocycles. The smallest absolute Gasteiger partial charge is 0.225 e. The number of benzene rings is 2. The van der Waals surface area contributed by atoms with Gasteiger partial charge in [-0.05, 0) is 54.1 Å². The summed E-state index contributed by atoms with van der Waals surface area (Å²) in [6.45, 7) is 3.87. The molecule has 3 heterocycles. The van der Waals surface area contributed by atoms with Crippen LogP contribution in [0.3, 0.4) is 0 Å². The fourth-order valence-electron chi connectivity index (χ4n) is 4.10. The monoisotopic (exact) mass is 461 g/mol. The molecule has 0 aliphatic carbocycles. The maximum Gasteiger partial charge on any atom is 0.225 e. The first-order valence-electron chi connectivity index (χ1n) is 10.7. The number of aromatic nitrogens is 3. The summed E-state index contributed by atoms with van der Waals surface area (Å²) in [6.07, 6.45) is 5.55. The van der Waals surface area contributed by atoms with Crippen molar-refractivity contribution in [3.63, 3.8) is 0 Å². The fraction of sp³-hybridized carbons (Fsp3) is 0.240. The quantitative estimate of drug-likeness (QED) is 0.480. The van der Waals surface area contributed by atoms with Crippen LogP contribution in [0.2, 0.25) is 5.02 Å². The van der Waals surface area contributed by atoms with Gasteiger partial charge < -0.3 is 19.6 Å². The highest BCUT2D eigenvalue weighted by Crippen LogP contribution is 2.39. The van der Waals surface area contributed by atoms with E-state index in [9.17, 15) is 5.11 Å². The highest BCUT2D eigenvalue weighted by Gasteiger charge is 2.17. The lowest BCUT2D eigenvalue weighted by Crippen LogP contribution is -2.45. The molecule has 168 valence electrons. The molecular weight excluding hydrogens is 438 g/mol. The molecule has 2 aromatic heterocycles. The Labute approximate surface area is 197 Å². The van der Waals surface area contributed by atoms with Crippen LogP contribution in [0.1, 0.15) is 0 Å². The molecule has 0 radical (unpaired) electrons. The van der Waals surface area contributed by atoms with E-state index in [1.165, 1.54) is 7.11 Å². The summed E-state index contributed by atoms with van der Waals surface area (Å²) in [5, 5.41) is 11.3. The number of ether oxygens (including phenoxy) is 1. The van der Waals surface area contributed by atoms with Crippen molar-refractivity contribution in [1.29, 1.82) is 0 Å². The Bertz CT molecular complexity index is 1300. The van der Waals surface area contributed by atoms with Crippen molar-refractivity contribution in [2.24, 2.45) is 0 Å². The molecule has 8 heteroatoms. The molecule has 1 saturated heterocycles. The van der Waals surface area contributed by atoms with E-state index in [1.807, 2.05) is 30.6 Å². The van der Waals surface area contributed by atoms with Crippen molar-refractivity contribution in [2.45, 2.75) is 0 Å². The van der Waals surface area contributed by atoms with Crippen LogP contribution >= 0.6 is 11.6 Å². The number of phenolic OH excluding ortho intramolecular Hbond substituents is 1. The largest absolute Gasteiger partial charge is 0.503 e. The van der Waals surface area contributed by atoms with Crippen LogP contribution in [0.4, 0.5) is 5.95 Å². The zero-order valence-electron chi connectivity index (χ0n) is 18.5. The number of hydrogen-bond donors (Lipinski definition) is 1. The number of aromatic hydroxyl groups is 1. The summed E-state index contributed by atoms with van der Waals surface area (Å²) >= 11 is 6.21. The van der Waals surface area contributed by atoms with Crippen molar-refractivity contribution in [1.82, 2.24) is 19.9 Å². The number of fused-ring (bicyclic) bond motifs is 1. The third kappa shape index (κ3) is 4.17. The number of rotatable bonds is 4. The average Bonchev–Trinajstić information content (AvgIpc) is 2.85. The van der Waals surface area contributed by atoms with Gasteiger partial charge in [-0.25, -0.2) is 9.97 Å². The van der Waals surface area contributed by atoms with Gasteiger partial charge in [-0.3, -0.25) is 4.98 Å². The second-order valence-electron chi connectivity index (χ2n) is 8.16. The van der Waals surface area contributed by atoms with Gasteiger partial charge in [-0.2, -0.15) is 0 Å². The van der Waals surface area contributed by atoms with E-state index in [-0.39, 0.29) is 10.8 Å². The number of phenols is 1. The van der Waals surface area contributed by atoms with Crippen LogP contribution in [-0.2, 0) is 0 Å². The van der Waals surface area contributed by atoms with Crippen molar-refractivity contribution in [3.8, 4) is 33.8 Å². The van der Waals surface area contributed by atoms with Crippen LogP contribution in [-0.4, -0.2) is 65.3 Å². The maximum absolute atomic E-state index is 10.1. The molecule has 5 rings (SSSR count). The van der Waals surface area contributed by atoms with Gasteiger partial charge in [0.25, 0.3) is 0 Å². The van der Waals surface area contributed by atoms with E-state index in [0.29, 0.717) is 5.75 Å². The van der Waals surface area contributed by atoms with E-state index in [1.54, 1.807) is 18.3 Å². The first kappa shape index (κ1) is 21.4. The standard InChI is InChI=1S/C25H24ClN5O2/c1-30-7-9-31(10-8-30)25-28-14-18(15-29-25)19-5-6-27-22-4-3-16(11-20(19)22)17-12-21(26)24(32)23(13-17)33-2/h3-6,11-15,32H,7-10H2,1-2H3. The van der Waals surface area contributed by atoms with Crippen LogP contribution in [0, 0.1) is 0 Å². The van der Waals surface area contributed by atoms with Gasteiger partial charge in [0.1, 0.15) is 0 Å². The lowest BCUT2D eigenvalue weighted by Gasteiger charge is -2.32. The average molecular weight is 462 g/mol. The number of piperazine rings is 1. The molecule has 0 unspecified atom stereocenters. The highest BCUT2D eigenvalue weighted by atomic mass is 35.5. The van der Waals surface area contributed by atoms with Crippen molar-refractivity contribution >= 4 is 28.5 Å². The number of nitrogens with zero attached hydrogens (tertiary/aromatic N) is 5. The number of likely N-dealkylation sites (N-methyl/N-ethyl adjacent to an activating group) is 1. The minimum absolute atomic E-state index is 0.0661. The first-order chi connectivity index (χ1) is 16.0. The molecule has 0 atom stereocenters. The minimum atomic E-state index is -0.0661. The van der Waals surface area contributed by atoms with Crippen LogP contribution in [0.25, 0.3) is 33.2 Å². The van der Waals surface area contributed by atoms with Crippen molar-refractivity contribution < 1.29 is 9.84 Å². The second kappa shape index (κ2) is 8.84. The summed E-state index contributed by atoms with van der Waals surface area (Å²) in [6, 6.07) is 11.5. The Morgan fingerprint density at radius 2 is 1.67 bits per heavy atom. The Hall–Kier alpha value is -3.42. The summed E-state index contributed by atoms with van der Waals surface area (Å²) in [5.41, 5.74) is 4.58. The molecule has 33 heavy (non-hydrogen) atoms. The Morgan fingerprint density at radius 3 is 2.39 bits per heavy atom. The summed E-state index contributed by atoms with van der Waals surface area (Å²) < 4.78 is 5.27. The van der Waals surface area contributed by atoms with Crippen LogP contribution < -0.4 is 9.64 Å². The zero-order chi connectivity index (χ0) is 22.9. The number of methoxy groups -OCH3 is 1. The van der Waals surface area contributed by atoms with Gasteiger partial charge in [-0.15, -0.1) is 0 Å². The summed E-state index contributed by atoms with van der Waals surface area (Å²) in [5.74, 6) is 1.03. The molecule has 1 N–H and O–H groups in total. The van der Waals surface area contributed by atoms with E-state index in [4.69, 9.17) is 16.3 Å². The SMILES string of the molecule is COc1cc(-c2ccc3nccc(-c4cnc(N5CCN(C)CC5)nc4)c3c2)cc(Cl)c1O. The molecule has 7 nitrogen and oxygen atoms in total. The van der Waals surface area contributed by atoms with Gasteiger partial charge in [-0.1, -0.05) is 17.7 Å². The fourth-order valence-corrected chi connectivity index (χ4v) is 4.31. The van der Waals surface area contributed by atoms with Gasteiger partial charge >= 0.3 is 0 Å². The molecule has 4 aromatic rings. The van der Waals surface area contributed by atoms with E-state index >= 15 is 0 Å². The third-order valence-electron chi connectivity index (χ3n) is 6.06. The van der Waals surface area contributed by atoms with E-state index in [0.717, 1.165) is 65.3 Å². The van der Waals surface area contributed by atoms with Crippen LogP contribution in [0.15, 0.2) is 55.0 Å². The first-order valence-corrected chi connectivity index (χ1v) is 11.1. The molecule has 1 aliphatic rings. The lowest BCUT2D eigenvalue weighted by molar-refractivity contribution is 0.311. The Kier molecular flexibility index (Phi) is 5.74. The summed E-state index contributed by atoms with van der Waals surface area (Å²) in [4.78, 5) is 18.3. The van der Waals surface area contributed by atoms with Gasteiger partial charge in [0.2, 0.25) is 5.95 Å². The Balaban J connectivity index is 1.53. The van der Waals surface area contributed by atoms with Gasteiger partial charge in [0.15, 0.2) is 11.5 Å². The normalized spacial score (nSPS) is 14.6. The van der Waals surface area contributed by atoms with Gasteiger partial charge in [0.05, 0.1) is 17.6 Å². The molecule has 0 bridgehead atoms. The number of pyridine rings is 1. The predicted molar refractivity (Wildman–Crippen MR) is 131 cm³/mol. The minimum Gasteiger partial charge on any atom is -0.503 e. The zero-order valence-corrected chi connectivity index (χ0v) is 19.3. The lowest BCUT2D eigenvalue weighted by atomic mass is 9.98. The van der Waals surface area contributed by atoms with Crippen molar-refractivity contribution in [3.05, 3.63) is 60.0 Å². The maximum atomic E-state index is 10.1.